The lowest BCUT2D eigenvalue weighted by atomic mass is 9.76. The average Bonchev–Trinajstić information content (AvgIpc) is 2.72. The van der Waals surface area contributed by atoms with Gasteiger partial charge in [0.1, 0.15) is 11.4 Å². The van der Waals surface area contributed by atoms with E-state index in [1.54, 1.807) is 0 Å². The molecule has 3 aliphatic rings. The first-order valence-electron chi connectivity index (χ1n) is 11.9. The highest BCUT2D eigenvalue weighted by molar-refractivity contribution is 5.79. The van der Waals surface area contributed by atoms with E-state index in [2.05, 4.69) is 25.2 Å². The van der Waals surface area contributed by atoms with Crippen LogP contribution in [0.2, 0.25) is 0 Å². The molecule has 4 rings (SSSR count). The van der Waals surface area contributed by atoms with Crippen LogP contribution in [0.4, 0.5) is 0 Å². The Kier molecular flexibility index (Phi) is 6.35. The maximum Gasteiger partial charge on any atom is 0.225 e. The summed E-state index contributed by atoms with van der Waals surface area (Å²) in [7, 11) is 0. The molecule has 0 unspecified atom stereocenters. The van der Waals surface area contributed by atoms with Crippen LogP contribution < -0.4 is 10.1 Å². The highest BCUT2D eigenvalue weighted by atomic mass is 16.5. The summed E-state index contributed by atoms with van der Waals surface area (Å²) in [6.45, 7) is 5.69. The molecule has 1 saturated heterocycles. The van der Waals surface area contributed by atoms with Gasteiger partial charge in [0.05, 0.1) is 0 Å². The molecule has 0 bridgehead atoms. The Morgan fingerprint density at radius 2 is 1.87 bits per heavy atom. The summed E-state index contributed by atoms with van der Waals surface area (Å²) in [5, 5.41) is 3.20. The lowest BCUT2D eigenvalue weighted by Crippen LogP contribution is -2.53. The predicted molar refractivity (Wildman–Crippen MR) is 117 cm³/mol. The normalized spacial score (nSPS) is 22.9. The van der Waals surface area contributed by atoms with Gasteiger partial charge in [0.2, 0.25) is 11.8 Å². The molecule has 1 atom stereocenters. The second-order valence-corrected chi connectivity index (χ2v) is 9.46. The molecule has 5 heteroatoms. The van der Waals surface area contributed by atoms with Crippen LogP contribution in [0.5, 0.6) is 5.75 Å². The Morgan fingerprint density at radius 3 is 2.50 bits per heavy atom. The fourth-order valence-corrected chi connectivity index (χ4v) is 5.33. The van der Waals surface area contributed by atoms with E-state index < -0.39 is 0 Å². The molecule has 2 fully saturated rings. The summed E-state index contributed by atoms with van der Waals surface area (Å²) in [5.41, 5.74) is 0.892. The van der Waals surface area contributed by atoms with Gasteiger partial charge in [0.15, 0.2) is 0 Å². The van der Waals surface area contributed by atoms with Crippen LogP contribution >= 0.6 is 0 Å². The monoisotopic (exact) mass is 412 g/mol. The van der Waals surface area contributed by atoms with E-state index >= 15 is 0 Å². The predicted octanol–water partition coefficient (Wildman–Crippen LogP) is 4.41. The molecule has 1 aromatic rings. The molecule has 1 aliphatic carbocycles. The first-order valence-corrected chi connectivity index (χ1v) is 11.9. The third-order valence-electron chi connectivity index (χ3n) is 7.53. The Morgan fingerprint density at radius 1 is 1.17 bits per heavy atom. The third-order valence-corrected chi connectivity index (χ3v) is 7.53. The van der Waals surface area contributed by atoms with Gasteiger partial charge in [-0.25, -0.2) is 0 Å². The van der Waals surface area contributed by atoms with Gasteiger partial charge in [-0.1, -0.05) is 32.0 Å². The molecule has 2 amide bonds. The highest BCUT2D eigenvalue weighted by Crippen LogP contribution is 2.46. The van der Waals surface area contributed by atoms with Crippen molar-refractivity contribution < 1.29 is 14.3 Å². The number of ether oxygens (including phenoxy) is 1. The second-order valence-electron chi connectivity index (χ2n) is 9.46. The van der Waals surface area contributed by atoms with Crippen LogP contribution in [-0.2, 0) is 9.59 Å². The van der Waals surface area contributed by atoms with Crippen molar-refractivity contribution >= 4 is 11.8 Å². The van der Waals surface area contributed by atoms with Crippen molar-refractivity contribution in [3.05, 3.63) is 29.8 Å². The van der Waals surface area contributed by atoms with Gasteiger partial charge in [-0.15, -0.1) is 0 Å². The number of hydrogen-bond donors (Lipinski definition) is 1. The standard InChI is InChI=1S/C25H36N2O3/c1-3-18(4-2)24(29)27-14-12-25(13-15-27)17-19(16-23(28)26-20-8-7-9-20)21-10-5-6-11-22(21)30-25/h5-6,10-11,18-20H,3-4,7-9,12-17H2,1-2H3,(H,26,28)/t19-/m0/s1. The van der Waals surface area contributed by atoms with Crippen molar-refractivity contribution in [1.82, 2.24) is 10.2 Å². The second kappa shape index (κ2) is 8.99. The van der Waals surface area contributed by atoms with Gasteiger partial charge in [-0.2, -0.15) is 0 Å². The van der Waals surface area contributed by atoms with Crippen LogP contribution in [0.1, 0.15) is 83.1 Å². The Labute approximate surface area is 180 Å². The summed E-state index contributed by atoms with van der Waals surface area (Å²) in [6.07, 6.45) is 8.31. The Balaban J connectivity index is 1.44. The van der Waals surface area contributed by atoms with E-state index in [1.165, 1.54) is 6.42 Å². The number of piperidine rings is 1. The highest BCUT2D eigenvalue weighted by Gasteiger charge is 2.44. The van der Waals surface area contributed by atoms with Crippen LogP contribution in [0.15, 0.2) is 24.3 Å². The minimum absolute atomic E-state index is 0.134. The van der Waals surface area contributed by atoms with Crippen LogP contribution in [0, 0.1) is 5.92 Å². The number of para-hydroxylation sites is 1. The fraction of sp³-hybridized carbons (Fsp3) is 0.680. The zero-order valence-corrected chi connectivity index (χ0v) is 18.5. The number of nitrogens with zero attached hydrogens (tertiary/aromatic N) is 1. The third kappa shape index (κ3) is 4.35. The molecule has 0 radical (unpaired) electrons. The molecule has 1 N–H and O–H groups in total. The lowest BCUT2D eigenvalue weighted by molar-refractivity contribution is -0.139. The maximum absolute atomic E-state index is 12.8. The number of carbonyl (C=O) groups is 2. The van der Waals surface area contributed by atoms with Crippen LogP contribution in [0.25, 0.3) is 0 Å². The minimum Gasteiger partial charge on any atom is -0.487 e. The van der Waals surface area contributed by atoms with Crippen LogP contribution in [-0.4, -0.2) is 41.4 Å². The SMILES string of the molecule is CCC(CC)C(=O)N1CCC2(CC1)C[C@H](CC(=O)NC1CCC1)c1ccccc1O2. The van der Waals surface area contributed by atoms with Gasteiger partial charge in [-0.3, -0.25) is 9.59 Å². The Hall–Kier alpha value is -2.04. The number of nitrogens with one attached hydrogen (secondary N) is 1. The van der Waals surface area contributed by atoms with Crippen molar-refractivity contribution in [2.24, 2.45) is 5.92 Å². The number of fused-ring (bicyclic) bond motifs is 1. The van der Waals surface area contributed by atoms with Gasteiger partial charge in [0, 0.05) is 50.2 Å². The number of rotatable bonds is 6. The van der Waals surface area contributed by atoms with Crippen molar-refractivity contribution in [3.63, 3.8) is 0 Å². The number of amides is 2. The van der Waals surface area contributed by atoms with E-state index in [9.17, 15) is 9.59 Å². The number of likely N-dealkylation sites (tertiary alicyclic amines) is 1. The van der Waals surface area contributed by atoms with Crippen molar-refractivity contribution in [3.8, 4) is 5.75 Å². The number of benzene rings is 1. The molecule has 1 spiro atoms. The average molecular weight is 413 g/mol. The van der Waals surface area contributed by atoms with Crippen LogP contribution in [0.3, 0.4) is 0 Å². The van der Waals surface area contributed by atoms with E-state index in [4.69, 9.17) is 4.74 Å². The first-order chi connectivity index (χ1) is 14.5. The van der Waals surface area contributed by atoms with Gasteiger partial charge < -0.3 is 15.0 Å². The molecule has 30 heavy (non-hydrogen) atoms. The van der Waals surface area contributed by atoms with E-state index in [-0.39, 0.29) is 23.3 Å². The largest absolute Gasteiger partial charge is 0.487 e. The molecular formula is C25H36N2O3. The smallest absolute Gasteiger partial charge is 0.225 e. The summed E-state index contributed by atoms with van der Waals surface area (Å²) < 4.78 is 6.56. The summed E-state index contributed by atoms with van der Waals surface area (Å²) in [6, 6.07) is 8.56. The number of carbonyl (C=O) groups excluding carboxylic acids is 2. The molecule has 1 aromatic carbocycles. The molecule has 1 saturated carbocycles. The Bertz CT molecular complexity index is 761. The van der Waals surface area contributed by atoms with E-state index in [0.29, 0.717) is 18.4 Å². The fourth-order valence-electron chi connectivity index (χ4n) is 5.33. The van der Waals surface area contributed by atoms with Gasteiger partial charge in [0.25, 0.3) is 0 Å². The molecule has 0 aromatic heterocycles. The molecule has 2 aliphatic heterocycles. The van der Waals surface area contributed by atoms with Crippen molar-refractivity contribution in [2.75, 3.05) is 13.1 Å². The lowest BCUT2D eigenvalue weighted by Gasteiger charge is -2.47. The molecular weight excluding hydrogens is 376 g/mol. The van der Waals surface area contributed by atoms with Gasteiger partial charge in [-0.05, 0) is 50.2 Å². The maximum atomic E-state index is 12.8. The van der Waals surface area contributed by atoms with E-state index in [1.807, 2.05) is 23.1 Å². The summed E-state index contributed by atoms with van der Waals surface area (Å²) in [5.74, 6) is 1.69. The molecule has 164 valence electrons. The van der Waals surface area contributed by atoms with Crippen molar-refractivity contribution in [2.45, 2.75) is 89.2 Å². The van der Waals surface area contributed by atoms with Gasteiger partial charge >= 0.3 is 0 Å². The summed E-state index contributed by atoms with van der Waals surface area (Å²) >= 11 is 0. The van der Waals surface area contributed by atoms with Crippen molar-refractivity contribution in [1.29, 1.82) is 0 Å². The quantitative estimate of drug-likeness (QED) is 0.753. The minimum atomic E-state index is -0.263. The number of hydrogen-bond acceptors (Lipinski definition) is 3. The van der Waals surface area contributed by atoms with E-state index in [0.717, 1.165) is 69.3 Å². The molecule has 2 heterocycles. The zero-order chi connectivity index (χ0) is 21.1. The topological polar surface area (TPSA) is 58.6 Å². The summed E-state index contributed by atoms with van der Waals surface area (Å²) in [4.78, 5) is 27.5. The zero-order valence-electron chi connectivity index (χ0n) is 18.5. The molecule has 5 nitrogen and oxygen atoms in total. The first kappa shape index (κ1) is 21.2.